The van der Waals surface area contributed by atoms with E-state index >= 15 is 0 Å². The Hall–Kier alpha value is -5.29. The van der Waals surface area contributed by atoms with Crippen molar-refractivity contribution in [3.8, 4) is 5.75 Å². The first-order valence-corrected chi connectivity index (χ1v) is 23.7. The maximum atomic E-state index is 13.1. The number of halogens is 1. The van der Waals surface area contributed by atoms with Gasteiger partial charge in [0.15, 0.2) is 15.7 Å². The molecule has 4 fully saturated rings. The molecule has 4 aliphatic heterocycles. The molecule has 4 saturated heterocycles. The lowest BCUT2D eigenvalue weighted by atomic mass is 9.85. The monoisotopic (exact) mass is 897 g/mol. The van der Waals surface area contributed by atoms with Crippen molar-refractivity contribution in [1.29, 1.82) is 0 Å². The van der Waals surface area contributed by atoms with Gasteiger partial charge in [0.1, 0.15) is 16.8 Å². The molecule has 334 valence electrons. The van der Waals surface area contributed by atoms with Crippen LogP contribution in [-0.4, -0.2) is 115 Å². The van der Waals surface area contributed by atoms with E-state index < -0.39 is 27.0 Å². The van der Waals surface area contributed by atoms with Crippen LogP contribution in [0.2, 0.25) is 5.02 Å². The standard InChI is InChI=1S/C46H56ClN9O6S/c1-27(2)62-40-21-35(29(5)20-39(40)51-46-48-22-36(47)43(53-46)49-37-8-6-7-9-41(37)63(60,61)28(3)4)30-16-18-54(19-17-30)33-23-56(24-33)34-25-55(26-34)32-12-10-31(11-13-32)44(58)50-38-14-15-42(57)52-45(38)59/h6-13,20-22,27-28,30,33-34,38H,14-19,23-26H2,1-5H3,(H,50,58)(H,52,57,59)(H2,48,49,51,53). The molecule has 3 amide bonds. The van der Waals surface area contributed by atoms with Crippen molar-refractivity contribution >= 4 is 68.0 Å². The van der Waals surface area contributed by atoms with Crippen LogP contribution in [0.25, 0.3) is 0 Å². The quantitative estimate of drug-likeness (QED) is 0.106. The van der Waals surface area contributed by atoms with Crippen LogP contribution in [0.4, 0.5) is 28.8 Å². The van der Waals surface area contributed by atoms with Gasteiger partial charge < -0.3 is 25.6 Å². The minimum Gasteiger partial charge on any atom is -0.489 e. The molecule has 63 heavy (non-hydrogen) atoms. The van der Waals surface area contributed by atoms with Gasteiger partial charge in [0.05, 0.1) is 33.8 Å². The number of para-hydroxylation sites is 1. The summed E-state index contributed by atoms with van der Waals surface area (Å²) < 4.78 is 32.6. The summed E-state index contributed by atoms with van der Waals surface area (Å²) in [6, 6.07) is 18.8. The molecule has 4 aromatic rings. The van der Waals surface area contributed by atoms with Crippen LogP contribution in [0.3, 0.4) is 0 Å². The van der Waals surface area contributed by atoms with Crippen LogP contribution in [0.5, 0.6) is 5.75 Å². The Balaban J connectivity index is 0.833. The van der Waals surface area contributed by atoms with Crippen molar-refractivity contribution in [3.05, 3.63) is 88.6 Å². The first-order chi connectivity index (χ1) is 30.1. The molecule has 4 aliphatic rings. The van der Waals surface area contributed by atoms with E-state index in [1.54, 1.807) is 50.2 Å². The van der Waals surface area contributed by atoms with Gasteiger partial charge in [-0.15, -0.1) is 0 Å². The second-order valence-corrected chi connectivity index (χ2v) is 20.5. The fourth-order valence-corrected chi connectivity index (χ4v) is 10.2. The Morgan fingerprint density at radius 1 is 0.889 bits per heavy atom. The number of hydrogen-bond donors (Lipinski definition) is 4. The Morgan fingerprint density at radius 2 is 1.59 bits per heavy atom. The average molecular weight is 899 g/mol. The van der Waals surface area contributed by atoms with E-state index in [9.17, 15) is 22.8 Å². The summed E-state index contributed by atoms with van der Waals surface area (Å²) in [6.45, 7) is 15.6. The van der Waals surface area contributed by atoms with Crippen LogP contribution >= 0.6 is 11.6 Å². The smallest absolute Gasteiger partial charge is 0.251 e. The minimum atomic E-state index is -3.57. The third kappa shape index (κ3) is 9.78. The number of rotatable bonds is 14. The highest BCUT2D eigenvalue weighted by Gasteiger charge is 2.42. The lowest BCUT2D eigenvalue weighted by Crippen LogP contribution is -2.70. The number of sulfone groups is 1. The number of amides is 3. The molecular formula is C46H56ClN9O6S. The zero-order valence-electron chi connectivity index (χ0n) is 36.4. The molecule has 1 unspecified atom stereocenters. The van der Waals surface area contributed by atoms with E-state index in [1.807, 2.05) is 26.0 Å². The van der Waals surface area contributed by atoms with E-state index in [1.165, 1.54) is 11.8 Å². The van der Waals surface area contributed by atoms with E-state index in [0.29, 0.717) is 41.4 Å². The molecule has 0 aliphatic carbocycles. The van der Waals surface area contributed by atoms with Gasteiger partial charge in [0.2, 0.25) is 17.8 Å². The second kappa shape index (κ2) is 18.4. The molecule has 1 atom stereocenters. The zero-order chi connectivity index (χ0) is 44.6. The molecule has 8 rings (SSSR count). The number of hydrogen-bond acceptors (Lipinski definition) is 13. The molecule has 3 aromatic carbocycles. The number of benzene rings is 3. The van der Waals surface area contributed by atoms with Crippen molar-refractivity contribution in [1.82, 2.24) is 30.4 Å². The Labute approximate surface area is 374 Å². The van der Waals surface area contributed by atoms with Gasteiger partial charge in [-0.2, -0.15) is 4.98 Å². The summed E-state index contributed by atoms with van der Waals surface area (Å²) in [4.78, 5) is 53.0. The molecule has 17 heteroatoms. The number of aromatic nitrogens is 2. The number of aryl methyl sites for hydroxylation is 1. The minimum absolute atomic E-state index is 0.0673. The highest BCUT2D eigenvalue weighted by atomic mass is 35.5. The van der Waals surface area contributed by atoms with E-state index in [0.717, 1.165) is 69.0 Å². The molecule has 0 bridgehead atoms. The molecule has 1 aromatic heterocycles. The summed E-state index contributed by atoms with van der Waals surface area (Å²) in [6.07, 6.45) is 4.07. The summed E-state index contributed by atoms with van der Waals surface area (Å²) in [5.41, 5.74) is 5.11. The fraction of sp³-hybridized carbons (Fsp3) is 0.457. The summed E-state index contributed by atoms with van der Waals surface area (Å²) in [7, 11) is -3.57. The van der Waals surface area contributed by atoms with Gasteiger partial charge in [0.25, 0.3) is 5.91 Å². The van der Waals surface area contributed by atoms with Gasteiger partial charge >= 0.3 is 0 Å². The van der Waals surface area contributed by atoms with E-state index in [-0.39, 0.29) is 46.0 Å². The molecule has 0 spiro atoms. The SMILES string of the molecule is Cc1cc(Nc2ncc(Cl)c(Nc3ccccc3S(=O)(=O)C(C)C)n2)c(OC(C)C)cc1C1CCN(C2CN(C3CN(c4ccc(C(=O)NC5CCC(=O)NC5=O)cc4)C3)C2)CC1. The van der Waals surface area contributed by atoms with Crippen molar-refractivity contribution in [2.45, 2.75) is 101 Å². The fourth-order valence-electron chi connectivity index (χ4n) is 8.81. The number of likely N-dealkylation sites (tertiary alicyclic amines) is 2. The Bertz CT molecular complexity index is 2470. The second-order valence-electron chi connectivity index (χ2n) is 17.6. The highest BCUT2D eigenvalue weighted by molar-refractivity contribution is 7.92. The van der Waals surface area contributed by atoms with Gasteiger partial charge in [-0.3, -0.25) is 29.5 Å². The van der Waals surface area contributed by atoms with Crippen molar-refractivity contribution in [3.63, 3.8) is 0 Å². The highest BCUT2D eigenvalue weighted by Crippen LogP contribution is 2.40. The van der Waals surface area contributed by atoms with Crippen LogP contribution in [0.1, 0.15) is 80.8 Å². The van der Waals surface area contributed by atoms with Crippen molar-refractivity contribution < 1.29 is 27.5 Å². The maximum absolute atomic E-state index is 13.1. The number of nitrogens with one attached hydrogen (secondary N) is 4. The Morgan fingerprint density at radius 3 is 2.27 bits per heavy atom. The summed E-state index contributed by atoms with van der Waals surface area (Å²) >= 11 is 6.53. The normalized spacial score (nSPS) is 19.4. The van der Waals surface area contributed by atoms with Gasteiger partial charge in [-0.25, -0.2) is 13.4 Å². The third-order valence-electron chi connectivity index (χ3n) is 12.6. The van der Waals surface area contributed by atoms with Gasteiger partial charge in [0, 0.05) is 55.9 Å². The first kappa shape index (κ1) is 44.3. The number of carbonyl (C=O) groups is 3. The van der Waals surface area contributed by atoms with Crippen LogP contribution in [0.15, 0.2) is 71.8 Å². The molecule has 0 saturated carbocycles. The number of anilines is 5. The molecular weight excluding hydrogens is 842 g/mol. The predicted octanol–water partition coefficient (Wildman–Crippen LogP) is 6.18. The van der Waals surface area contributed by atoms with Crippen LogP contribution in [-0.2, 0) is 19.4 Å². The topological polar surface area (TPSA) is 178 Å². The number of ether oxygens (including phenoxy) is 1. The van der Waals surface area contributed by atoms with Gasteiger partial charge in [-0.05, 0) is 133 Å². The summed E-state index contributed by atoms with van der Waals surface area (Å²) in [5, 5.41) is 11.1. The van der Waals surface area contributed by atoms with Gasteiger partial charge in [-0.1, -0.05) is 23.7 Å². The number of carbonyl (C=O) groups excluding carboxylic acids is 3. The van der Waals surface area contributed by atoms with Crippen molar-refractivity contribution in [2.75, 3.05) is 54.8 Å². The maximum Gasteiger partial charge on any atom is 0.251 e. The van der Waals surface area contributed by atoms with E-state index in [2.05, 4.69) is 65.0 Å². The number of piperidine rings is 2. The molecule has 5 heterocycles. The van der Waals surface area contributed by atoms with Crippen LogP contribution in [0, 0.1) is 6.92 Å². The molecule has 15 nitrogen and oxygen atoms in total. The van der Waals surface area contributed by atoms with Crippen molar-refractivity contribution in [2.24, 2.45) is 0 Å². The van der Waals surface area contributed by atoms with Crippen LogP contribution < -0.4 is 30.9 Å². The lowest BCUT2D eigenvalue weighted by Gasteiger charge is -2.55. The molecule has 4 N–H and O–H groups in total. The average Bonchev–Trinajstić information content (AvgIpc) is 3.21. The lowest BCUT2D eigenvalue weighted by molar-refractivity contribution is -0.134. The Kier molecular flexibility index (Phi) is 13.0. The first-order valence-electron chi connectivity index (χ1n) is 21.8. The third-order valence-corrected chi connectivity index (χ3v) is 15.1. The zero-order valence-corrected chi connectivity index (χ0v) is 37.9. The molecule has 0 radical (unpaired) electrons. The number of nitrogens with zero attached hydrogens (tertiary/aromatic N) is 5. The number of imide groups is 1. The largest absolute Gasteiger partial charge is 0.489 e. The predicted molar refractivity (Wildman–Crippen MR) is 244 cm³/mol. The summed E-state index contributed by atoms with van der Waals surface area (Å²) in [5.74, 6) is 0.589. The van der Waals surface area contributed by atoms with E-state index in [4.69, 9.17) is 16.3 Å².